The van der Waals surface area contributed by atoms with Gasteiger partial charge >= 0.3 is 0 Å². The van der Waals surface area contributed by atoms with Crippen LogP contribution in [0.25, 0.3) is 58.8 Å². The summed E-state index contributed by atoms with van der Waals surface area (Å²) < 4.78 is 5.25. The number of fused-ring (bicyclic) bond motifs is 12. The average Bonchev–Trinajstić information content (AvgIpc) is 3.65. The van der Waals surface area contributed by atoms with E-state index in [1.165, 1.54) is 89.5 Å². The first kappa shape index (κ1) is 24.5. The van der Waals surface area contributed by atoms with Gasteiger partial charge in [0.25, 0.3) is 0 Å². The van der Waals surface area contributed by atoms with Gasteiger partial charge in [-0.05, 0) is 59.2 Å². The Balaban J connectivity index is 1.33. The van der Waals surface area contributed by atoms with Gasteiger partial charge in [-0.2, -0.15) is 0 Å². The average molecular weight is 604 g/mol. The quantitative estimate of drug-likeness (QED) is 0.184. The summed E-state index contributed by atoms with van der Waals surface area (Å²) >= 11 is 5.73. The molecule has 3 heterocycles. The highest BCUT2D eigenvalue weighted by atomic mass is 32.2. The van der Waals surface area contributed by atoms with Crippen LogP contribution in [0.5, 0.6) is 0 Å². The van der Waals surface area contributed by atoms with Gasteiger partial charge in [-0.3, -0.25) is 0 Å². The number of para-hydroxylation sites is 1. The summed E-state index contributed by atoms with van der Waals surface area (Å²) in [6, 6.07) is 43.2. The summed E-state index contributed by atoms with van der Waals surface area (Å²) in [5.41, 5.74) is 9.37. The number of hydrogen-bond donors (Lipinski definition) is 0. The minimum Gasteiger partial charge on any atom is -0.307 e. The molecule has 1 nitrogen and oxygen atoms in total. The highest BCUT2D eigenvalue weighted by molar-refractivity contribution is 8.05. The summed E-state index contributed by atoms with van der Waals surface area (Å²) in [4.78, 5) is 5.43. The fourth-order valence-corrected chi connectivity index (χ4v) is 10.9. The van der Waals surface area contributed by atoms with Crippen molar-refractivity contribution in [2.24, 2.45) is 0 Å². The van der Waals surface area contributed by atoms with Crippen LogP contribution in [0.15, 0.2) is 135 Å². The fourth-order valence-electron chi connectivity index (χ4n) is 7.45. The summed E-state index contributed by atoms with van der Waals surface area (Å²) in [5.74, 6) is 0. The lowest BCUT2D eigenvalue weighted by atomic mass is 9.82. The van der Waals surface area contributed by atoms with Crippen molar-refractivity contribution in [2.45, 2.75) is 38.8 Å². The lowest BCUT2D eigenvalue weighted by Crippen LogP contribution is -2.15. The van der Waals surface area contributed by atoms with Gasteiger partial charge in [0.15, 0.2) is 0 Å². The Bertz CT molecular complexity index is 2490. The van der Waals surface area contributed by atoms with Crippen LogP contribution in [0.2, 0.25) is 0 Å². The minimum absolute atomic E-state index is 0.0962. The molecular formula is C39H25NS3. The van der Waals surface area contributed by atoms with Gasteiger partial charge < -0.3 is 4.57 Å². The van der Waals surface area contributed by atoms with Crippen LogP contribution in [-0.2, 0) is 5.41 Å². The molecule has 8 aromatic rings. The number of hydrogen-bond acceptors (Lipinski definition) is 3. The topological polar surface area (TPSA) is 4.93 Å². The van der Waals surface area contributed by atoms with Crippen molar-refractivity contribution in [3.05, 3.63) is 126 Å². The van der Waals surface area contributed by atoms with E-state index < -0.39 is 0 Å². The molecular weight excluding hydrogens is 579 g/mol. The van der Waals surface area contributed by atoms with Gasteiger partial charge in [0, 0.05) is 56.8 Å². The van der Waals surface area contributed by atoms with Crippen molar-refractivity contribution in [2.75, 3.05) is 0 Å². The summed E-state index contributed by atoms with van der Waals surface area (Å²) in [7, 11) is 0. The smallest absolute Gasteiger partial charge is 0.0641 e. The second-order valence-electron chi connectivity index (χ2n) is 12.1. The molecule has 0 radical (unpaired) electrons. The molecule has 1 aliphatic carbocycles. The van der Waals surface area contributed by atoms with Gasteiger partial charge in [0.2, 0.25) is 0 Å². The summed E-state index contributed by atoms with van der Waals surface area (Å²) in [5, 5.41) is 5.30. The van der Waals surface area contributed by atoms with E-state index in [0.717, 1.165) is 0 Å². The maximum absolute atomic E-state index is 2.57. The lowest BCUT2D eigenvalue weighted by molar-refractivity contribution is 0.658. The molecule has 0 atom stereocenters. The van der Waals surface area contributed by atoms with Crippen LogP contribution < -0.4 is 0 Å². The third kappa shape index (κ3) is 3.21. The molecule has 1 aliphatic heterocycles. The predicted molar refractivity (Wildman–Crippen MR) is 186 cm³/mol. The van der Waals surface area contributed by atoms with E-state index in [0.29, 0.717) is 0 Å². The van der Waals surface area contributed by atoms with Crippen molar-refractivity contribution in [1.29, 1.82) is 0 Å². The first-order valence-electron chi connectivity index (χ1n) is 14.7. The molecule has 4 heteroatoms. The maximum atomic E-state index is 2.57. The predicted octanol–water partition coefficient (Wildman–Crippen LogP) is 12.1. The molecule has 43 heavy (non-hydrogen) atoms. The van der Waals surface area contributed by atoms with E-state index in [1.807, 2.05) is 34.9 Å². The molecule has 0 fully saturated rings. The molecule has 2 aliphatic rings. The lowest BCUT2D eigenvalue weighted by Gasteiger charge is -2.24. The zero-order valence-corrected chi connectivity index (χ0v) is 26.1. The summed E-state index contributed by atoms with van der Waals surface area (Å²) in [6.45, 7) is 4.81. The Hall–Kier alpha value is -3.96. The van der Waals surface area contributed by atoms with Gasteiger partial charge in [0.05, 0.1) is 21.4 Å². The normalized spacial score (nSPS) is 14.7. The van der Waals surface area contributed by atoms with Crippen molar-refractivity contribution in [3.8, 4) is 16.8 Å². The third-order valence-corrected chi connectivity index (χ3v) is 13.2. The van der Waals surface area contributed by atoms with E-state index in [4.69, 9.17) is 0 Å². The van der Waals surface area contributed by atoms with E-state index in [1.54, 1.807) is 0 Å². The monoisotopic (exact) mass is 603 g/mol. The highest BCUT2D eigenvalue weighted by Gasteiger charge is 2.39. The molecule has 0 N–H and O–H groups in total. The van der Waals surface area contributed by atoms with Gasteiger partial charge in [-0.25, -0.2) is 0 Å². The van der Waals surface area contributed by atoms with Crippen LogP contribution >= 0.6 is 34.9 Å². The largest absolute Gasteiger partial charge is 0.307 e. The molecule has 10 rings (SSSR count). The second kappa shape index (κ2) is 8.57. The Morgan fingerprint density at radius 1 is 0.558 bits per heavy atom. The fraction of sp³-hybridized carbons (Fsp3) is 0.0769. The van der Waals surface area contributed by atoms with Crippen molar-refractivity contribution < 1.29 is 0 Å². The van der Waals surface area contributed by atoms with Crippen LogP contribution in [0.1, 0.15) is 25.0 Å². The van der Waals surface area contributed by atoms with Gasteiger partial charge in [-0.1, -0.05) is 110 Å². The molecule has 6 aromatic carbocycles. The van der Waals surface area contributed by atoms with E-state index in [-0.39, 0.29) is 5.41 Å². The highest BCUT2D eigenvalue weighted by Crippen LogP contribution is 2.58. The Morgan fingerprint density at radius 3 is 2.09 bits per heavy atom. The maximum Gasteiger partial charge on any atom is 0.0641 e. The van der Waals surface area contributed by atoms with Crippen molar-refractivity contribution in [1.82, 2.24) is 4.57 Å². The molecule has 0 amide bonds. The van der Waals surface area contributed by atoms with E-state index in [9.17, 15) is 0 Å². The Labute approximate surface area is 262 Å². The Morgan fingerprint density at radius 2 is 1.26 bits per heavy atom. The minimum atomic E-state index is -0.0962. The van der Waals surface area contributed by atoms with Crippen LogP contribution in [0.3, 0.4) is 0 Å². The number of benzene rings is 6. The van der Waals surface area contributed by atoms with Crippen LogP contribution in [0.4, 0.5) is 0 Å². The zero-order valence-electron chi connectivity index (χ0n) is 23.6. The van der Waals surface area contributed by atoms with Crippen molar-refractivity contribution >= 4 is 76.8 Å². The number of aromatic nitrogens is 1. The van der Waals surface area contributed by atoms with Gasteiger partial charge in [-0.15, -0.1) is 11.3 Å². The standard InChI is InChI=1S/C39H25NS3/c1-39(2)27-19-18-24-22-10-3-5-13-29(22)40(30-14-9-12-25-23-11-4-6-15-31(23)43-38(25)30)37(24)36(27)26-20-34-35(21-28(26)39)42-33-17-8-7-16-32(33)41-34/h3-21H,1-2H3. The zero-order chi connectivity index (χ0) is 28.4. The molecule has 0 unspecified atom stereocenters. The van der Waals surface area contributed by atoms with Crippen LogP contribution in [-0.4, -0.2) is 4.57 Å². The first-order valence-corrected chi connectivity index (χ1v) is 17.1. The van der Waals surface area contributed by atoms with Gasteiger partial charge in [0.1, 0.15) is 0 Å². The molecule has 2 aromatic heterocycles. The third-order valence-electron chi connectivity index (χ3n) is 9.45. The van der Waals surface area contributed by atoms with Crippen molar-refractivity contribution in [3.63, 3.8) is 0 Å². The second-order valence-corrected chi connectivity index (χ2v) is 15.3. The summed E-state index contributed by atoms with van der Waals surface area (Å²) in [6.07, 6.45) is 0. The number of rotatable bonds is 1. The first-order chi connectivity index (χ1) is 21.1. The number of nitrogens with zero attached hydrogens (tertiary/aromatic N) is 1. The molecule has 0 spiro atoms. The molecule has 0 saturated carbocycles. The van der Waals surface area contributed by atoms with E-state index in [2.05, 4.69) is 134 Å². The number of thiophene rings is 1. The Kier molecular flexibility index (Phi) is 4.88. The molecule has 0 bridgehead atoms. The molecule has 0 saturated heterocycles. The van der Waals surface area contributed by atoms with Crippen LogP contribution in [0, 0.1) is 0 Å². The van der Waals surface area contributed by atoms with E-state index >= 15 is 0 Å². The molecule has 204 valence electrons. The SMILES string of the molecule is CC1(C)c2cc3c(cc2-c2c1ccc1c4ccccc4n(-c4cccc5c4sc4ccccc45)c21)Sc1ccccc1S3.